The van der Waals surface area contributed by atoms with Crippen LogP contribution in [0.1, 0.15) is 0 Å². The fourth-order valence-electron chi connectivity index (χ4n) is 8.79. The minimum atomic E-state index is 0.912. The monoisotopic (exact) mass is 698 g/mol. The van der Waals surface area contributed by atoms with Crippen molar-refractivity contribution in [3.63, 3.8) is 0 Å². The number of hydrogen-bond acceptors (Lipinski definition) is 1. The van der Waals surface area contributed by atoms with Crippen molar-refractivity contribution in [2.24, 2.45) is 0 Å². The Labute approximate surface area is 319 Å². The lowest BCUT2D eigenvalue weighted by atomic mass is 9.85. The van der Waals surface area contributed by atoms with Crippen molar-refractivity contribution in [1.29, 1.82) is 0 Å². The molecule has 256 valence electrons. The fourth-order valence-corrected chi connectivity index (χ4v) is 8.79. The van der Waals surface area contributed by atoms with E-state index in [2.05, 4.69) is 194 Å². The van der Waals surface area contributed by atoms with Crippen LogP contribution in [0.4, 0.5) is 0 Å². The maximum absolute atomic E-state index is 6.47. The molecule has 55 heavy (non-hydrogen) atoms. The lowest BCUT2D eigenvalue weighted by Gasteiger charge is -2.18. The molecule has 0 aliphatic rings. The first kappa shape index (κ1) is 31.3. The molecule has 11 rings (SSSR count). The van der Waals surface area contributed by atoms with E-state index in [1.54, 1.807) is 0 Å². The SMILES string of the molecule is c1ccc(-c2cccc3c2oc2ccccc23)c(-c2ccc(-c3c4ccccc4c(-c4ccc(-c5cccc6ccccc56)cc4)c4ccccc34)cc2)c1. The average Bonchev–Trinajstić information content (AvgIpc) is 3.65. The van der Waals surface area contributed by atoms with Gasteiger partial charge in [-0.05, 0) is 88.5 Å². The molecule has 1 aromatic heterocycles. The van der Waals surface area contributed by atoms with E-state index >= 15 is 0 Å². The predicted molar refractivity (Wildman–Crippen MR) is 233 cm³/mol. The Morgan fingerprint density at radius 2 is 0.636 bits per heavy atom. The molecule has 0 fully saturated rings. The molecule has 11 aromatic rings. The Morgan fingerprint density at radius 1 is 0.236 bits per heavy atom. The fraction of sp³-hybridized carbons (Fsp3) is 0. The van der Waals surface area contributed by atoms with Gasteiger partial charge in [0, 0.05) is 16.3 Å². The molecule has 0 bridgehead atoms. The van der Waals surface area contributed by atoms with Gasteiger partial charge in [-0.25, -0.2) is 0 Å². The van der Waals surface area contributed by atoms with Crippen molar-refractivity contribution in [1.82, 2.24) is 0 Å². The van der Waals surface area contributed by atoms with Gasteiger partial charge < -0.3 is 4.42 Å². The summed E-state index contributed by atoms with van der Waals surface area (Å²) in [5.41, 5.74) is 13.9. The minimum Gasteiger partial charge on any atom is -0.455 e. The Hall–Kier alpha value is -7.22. The second-order valence-electron chi connectivity index (χ2n) is 14.3. The molecule has 0 atom stereocenters. The van der Waals surface area contributed by atoms with Gasteiger partial charge in [-0.15, -0.1) is 0 Å². The van der Waals surface area contributed by atoms with E-state index in [0.717, 1.165) is 33.1 Å². The van der Waals surface area contributed by atoms with Gasteiger partial charge >= 0.3 is 0 Å². The maximum atomic E-state index is 6.47. The summed E-state index contributed by atoms with van der Waals surface area (Å²) in [5, 5.41) is 9.82. The molecule has 0 amide bonds. The summed E-state index contributed by atoms with van der Waals surface area (Å²) in [6.07, 6.45) is 0. The quantitative estimate of drug-likeness (QED) is 0.163. The number of rotatable bonds is 5. The first-order valence-electron chi connectivity index (χ1n) is 18.9. The highest BCUT2D eigenvalue weighted by Crippen LogP contribution is 2.45. The highest BCUT2D eigenvalue weighted by atomic mass is 16.3. The third-order valence-electron chi connectivity index (χ3n) is 11.3. The van der Waals surface area contributed by atoms with Crippen LogP contribution < -0.4 is 0 Å². The molecule has 1 heteroatoms. The molecule has 1 heterocycles. The first-order chi connectivity index (χ1) is 27.3. The van der Waals surface area contributed by atoms with E-state index in [0.29, 0.717) is 0 Å². The topological polar surface area (TPSA) is 13.1 Å². The Bertz CT molecular complexity index is 3170. The van der Waals surface area contributed by atoms with Crippen molar-refractivity contribution >= 4 is 54.3 Å². The molecule has 0 saturated heterocycles. The molecule has 0 spiro atoms. The van der Waals surface area contributed by atoms with Crippen LogP contribution in [-0.4, -0.2) is 0 Å². The van der Waals surface area contributed by atoms with Gasteiger partial charge in [0.1, 0.15) is 11.2 Å². The van der Waals surface area contributed by atoms with Crippen LogP contribution in [0.25, 0.3) is 110 Å². The summed E-state index contributed by atoms with van der Waals surface area (Å²) in [4.78, 5) is 0. The number of fused-ring (bicyclic) bond motifs is 6. The number of furan rings is 1. The van der Waals surface area contributed by atoms with Gasteiger partial charge in [-0.3, -0.25) is 0 Å². The Morgan fingerprint density at radius 3 is 1.27 bits per heavy atom. The maximum Gasteiger partial charge on any atom is 0.143 e. The standard InChI is InChI=1S/C54H34O/c1-2-15-40-35(13-1)14-11-23-41(40)36-27-31-38(32-28-36)52-45-19-5-7-21-47(45)53(48-22-8-6-20-46(48)52)39-33-29-37(30-34-39)42-16-3-4-17-43(42)49-24-12-25-50-44-18-9-10-26-51(44)55-54(49)50/h1-34H. The molecule has 0 radical (unpaired) electrons. The molecule has 0 aliphatic carbocycles. The largest absolute Gasteiger partial charge is 0.455 e. The lowest BCUT2D eigenvalue weighted by Crippen LogP contribution is -1.91. The first-order valence-corrected chi connectivity index (χ1v) is 18.9. The van der Waals surface area contributed by atoms with E-state index < -0.39 is 0 Å². The minimum absolute atomic E-state index is 0.912. The van der Waals surface area contributed by atoms with Crippen molar-refractivity contribution in [3.05, 3.63) is 206 Å². The lowest BCUT2D eigenvalue weighted by molar-refractivity contribution is 0.670. The van der Waals surface area contributed by atoms with Crippen molar-refractivity contribution in [2.75, 3.05) is 0 Å². The highest BCUT2D eigenvalue weighted by molar-refractivity contribution is 6.21. The van der Waals surface area contributed by atoms with Crippen molar-refractivity contribution in [2.45, 2.75) is 0 Å². The normalized spacial score (nSPS) is 11.6. The van der Waals surface area contributed by atoms with E-state index in [4.69, 9.17) is 4.42 Å². The third-order valence-corrected chi connectivity index (χ3v) is 11.3. The van der Waals surface area contributed by atoms with Crippen LogP contribution in [0.15, 0.2) is 211 Å². The predicted octanol–water partition coefficient (Wildman–Crippen LogP) is 15.4. The number of para-hydroxylation sites is 2. The third kappa shape index (κ3) is 5.09. The molecule has 0 aliphatic heterocycles. The van der Waals surface area contributed by atoms with Gasteiger partial charge in [0.15, 0.2) is 0 Å². The van der Waals surface area contributed by atoms with E-state index in [1.807, 2.05) is 12.1 Å². The summed E-state index contributed by atoms with van der Waals surface area (Å²) < 4.78 is 6.47. The second-order valence-corrected chi connectivity index (χ2v) is 14.3. The van der Waals surface area contributed by atoms with Gasteiger partial charge in [-0.1, -0.05) is 200 Å². The summed E-state index contributed by atoms with van der Waals surface area (Å²) in [5.74, 6) is 0. The molecular weight excluding hydrogens is 665 g/mol. The number of hydrogen-bond donors (Lipinski definition) is 0. The van der Waals surface area contributed by atoms with Gasteiger partial charge in [0.25, 0.3) is 0 Å². The van der Waals surface area contributed by atoms with Crippen LogP contribution in [0, 0.1) is 0 Å². The van der Waals surface area contributed by atoms with Crippen LogP contribution in [-0.2, 0) is 0 Å². The van der Waals surface area contributed by atoms with Gasteiger partial charge in [0.05, 0.1) is 0 Å². The molecule has 10 aromatic carbocycles. The van der Waals surface area contributed by atoms with Gasteiger partial charge in [0.2, 0.25) is 0 Å². The molecule has 1 nitrogen and oxygen atoms in total. The molecular formula is C54H34O. The second kappa shape index (κ2) is 12.7. The van der Waals surface area contributed by atoms with Crippen molar-refractivity contribution in [3.8, 4) is 55.6 Å². The Balaban J connectivity index is 1.03. The average molecular weight is 699 g/mol. The zero-order valence-corrected chi connectivity index (χ0v) is 30.0. The summed E-state index contributed by atoms with van der Waals surface area (Å²) >= 11 is 0. The van der Waals surface area contributed by atoms with Crippen molar-refractivity contribution < 1.29 is 4.42 Å². The van der Waals surface area contributed by atoms with Gasteiger partial charge in [-0.2, -0.15) is 0 Å². The molecule has 0 unspecified atom stereocenters. The zero-order chi connectivity index (χ0) is 36.3. The summed E-state index contributed by atoms with van der Waals surface area (Å²) in [6, 6.07) is 74.7. The van der Waals surface area contributed by atoms with E-state index in [-0.39, 0.29) is 0 Å². The molecule has 0 saturated carbocycles. The Kier molecular flexibility index (Phi) is 7.25. The van der Waals surface area contributed by atoms with E-state index in [1.165, 1.54) is 76.8 Å². The van der Waals surface area contributed by atoms with E-state index in [9.17, 15) is 0 Å². The highest BCUT2D eigenvalue weighted by Gasteiger charge is 2.18. The number of benzene rings is 10. The summed E-state index contributed by atoms with van der Waals surface area (Å²) in [7, 11) is 0. The van der Waals surface area contributed by atoms with Crippen LogP contribution in [0.3, 0.4) is 0 Å². The van der Waals surface area contributed by atoms with Crippen LogP contribution >= 0.6 is 0 Å². The summed E-state index contributed by atoms with van der Waals surface area (Å²) in [6.45, 7) is 0. The molecule has 0 N–H and O–H groups in total. The zero-order valence-electron chi connectivity index (χ0n) is 30.0. The smallest absolute Gasteiger partial charge is 0.143 e. The van der Waals surface area contributed by atoms with Crippen LogP contribution in [0.2, 0.25) is 0 Å². The van der Waals surface area contributed by atoms with Crippen LogP contribution in [0.5, 0.6) is 0 Å².